The van der Waals surface area contributed by atoms with Crippen molar-refractivity contribution in [2.45, 2.75) is 45.4 Å². The normalized spacial score (nSPS) is 17.8. The predicted octanol–water partition coefficient (Wildman–Crippen LogP) is 4.50. The summed E-state index contributed by atoms with van der Waals surface area (Å²) < 4.78 is 10.9. The highest BCUT2D eigenvalue weighted by molar-refractivity contribution is 6.31. The van der Waals surface area contributed by atoms with Crippen LogP contribution in [0.2, 0.25) is 5.15 Å². The van der Waals surface area contributed by atoms with Gasteiger partial charge in [0.1, 0.15) is 5.56 Å². The van der Waals surface area contributed by atoms with Crippen LogP contribution in [0.4, 0.5) is 0 Å². The van der Waals surface area contributed by atoms with E-state index in [2.05, 4.69) is 23.8 Å². The number of carboxylic acids is 1. The maximum absolute atomic E-state index is 12.2. The predicted molar refractivity (Wildman–Crippen MR) is 115 cm³/mol. The van der Waals surface area contributed by atoms with Crippen molar-refractivity contribution < 1.29 is 19.4 Å². The SMILES string of the molecule is COCCCOc1cc(C2CCC(C)(C)C2)c(-c2cc(=O)c(C(=O)O)c[nH]2)nc1Cl. The van der Waals surface area contributed by atoms with Gasteiger partial charge >= 0.3 is 5.97 Å². The zero-order chi connectivity index (χ0) is 21.9. The number of H-pyrrole nitrogens is 1. The fourth-order valence-corrected chi connectivity index (χ4v) is 4.17. The Balaban J connectivity index is 2.03. The molecule has 0 radical (unpaired) electrons. The number of ether oxygens (including phenoxy) is 2. The molecule has 1 aliphatic carbocycles. The number of aromatic carboxylic acids is 1. The van der Waals surface area contributed by atoms with Crippen molar-refractivity contribution in [2.75, 3.05) is 20.3 Å². The van der Waals surface area contributed by atoms with Crippen LogP contribution in [0.5, 0.6) is 5.75 Å². The molecule has 7 nitrogen and oxygen atoms in total. The largest absolute Gasteiger partial charge is 0.490 e. The number of pyridine rings is 2. The molecular weight excluding hydrogens is 408 g/mol. The minimum absolute atomic E-state index is 0.201. The molecule has 1 saturated carbocycles. The lowest BCUT2D eigenvalue weighted by molar-refractivity contribution is 0.0695. The van der Waals surface area contributed by atoms with E-state index in [0.29, 0.717) is 30.4 Å². The van der Waals surface area contributed by atoms with E-state index < -0.39 is 11.4 Å². The zero-order valence-electron chi connectivity index (χ0n) is 17.5. The lowest BCUT2D eigenvalue weighted by Crippen LogP contribution is -2.15. The van der Waals surface area contributed by atoms with Crippen LogP contribution in [0, 0.1) is 5.41 Å². The molecule has 8 heteroatoms. The minimum Gasteiger partial charge on any atom is -0.490 e. The van der Waals surface area contributed by atoms with Crippen molar-refractivity contribution in [3.05, 3.63) is 44.8 Å². The smallest absolute Gasteiger partial charge is 0.341 e. The van der Waals surface area contributed by atoms with E-state index >= 15 is 0 Å². The first-order valence-electron chi connectivity index (χ1n) is 10.0. The van der Waals surface area contributed by atoms with Crippen molar-refractivity contribution in [3.63, 3.8) is 0 Å². The molecule has 0 spiro atoms. The van der Waals surface area contributed by atoms with Crippen LogP contribution < -0.4 is 10.2 Å². The summed E-state index contributed by atoms with van der Waals surface area (Å²) in [6.45, 7) is 5.52. The number of carboxylic acid groups (broad SMARTS) is 1. The van der Waals surface area contributed by atoms with Crippen molar-refractivity contribution in [3.8, 4) is 17.1 Å². The monoisotopic (exact) mass is 434 g/mol. The van der Waals surface area contributed by atoms with Gasteiger partial charge in [0.25, 0.3) is 0 Å². The summed E-state index contributed by atoms with van der Waals surface area (Å²) in [7, 11) is 1.64. The van der Waals surface area contributed by atoms with Crippen LogP contribution in [0.3, 0.4) is 0 Å². The van der Waals surface area contributed by atoms with Gasteiger partial charge in [-0.15, -0.1) is 0 Å². The molecule has 0 bridgehead atoms. The second-order valence-corrected chi connectivity index (χ2v) is 8.80. The molecule has 0 amide bonds. The summed E-state index contributed by atoms with van der Waals surface area (Å²) >= 11 is 6.39. The molecule has 1 unspecified atom stereocenters. The van der Waals surface area contributed by atoms with E-state index in [-0.39, 0.29) is 22.0 Å². The highest BCUT2D eigenvalue weighted by atomic mass is 35.5. The molecule has 2 aromatic rings. The number of nitrogens with zero attached hydrogens (tertiary/aromatic N) is 1. The number of halogens is 1. The number of carbonyl (C=O) groups is 1. The molecule has 3 rings (SSSR count). The van der Waals surface area contributed by atoms with Gasteiger partial charge in [-0.3, -0.25) is 4.79 Å². The van der Waals surface area contributed by atoms with E-state index in [4.69, 9.17) is 26.2 Å². The van der Waals surface area contributed by atoms with Crippen LogP contribution >= 0.6 is 11.6 Å². The van der Waals surface area contributed by atoms with Crippen molar-refractivity contribution in [1.82, 2.24) is 9.97 Å². The topological polar surface area (TPSA) is 102 Å². The summed E-state index contributed by atoms with van der Waals surface area (Å²) in [5.41, 5.74) is 1.27. The third-order valence-corrected chi connectivity index (χ3v) is 5.80. The van der Waals surface area contributed by atoms with Gasteiger partial charge in [-0.2, -0.15) is 0 Å². The number of aromatic amines is 1. The number of hydrogen-bond acceptors (Lipinski definition) is 5. The average Bonchev–Trinajstić information content (AvgIpc) is 3.05. The Bertz CT molecular complexity index is 986. The van der Waals surface area contributed by atoms with Gasteiger partial charge in [-0.1, -0.05) is 25.4 Å². The van der Waals surface area contributed by atoms with E-state index in [1.54, 1.807) is 7.11 Å². The summed E-state index contributed by atoms with van der Waals surface area (Å²) in [5, 5.41) is 9.33. The van der Waals surface area contributed by atoms with Crippen LogP contribution in [-0.4, -0.2) is 41.4 Å². The van der Waals surface area contributed by atoms with Gasteiger partial charge in [0, 0.05) is 32.4 Å². The number of methoxy groups -OCH3 is 1. The molecular formula is C22H27ClN2O5. The average molecular weight is 435 g/mol. The summed E-state index contributed by atoms with van der Waals surface area (Å²) in [5.74, 6) is -0.532. The lowest BCUT2D eigenvalue weighted by atomic mass is 9.87. The van der Waals surface area contributed by atoms with Crippen LogP contribution in [0.15, 0.2) is 23.1 Å². The maximum atomic E-state index is 12.2. The van der Waals surface area contributed by atoms with E-state index in [0.717, 1.165) is 31.2 Å². The number of rotatable bonds is 8. The van der Waals surface area contributed by atoms with Gasteiger partial charge in [-0.05, 0) is 42.2 Å². The number of aromatic nitrogens is 2. The molecule has 0 aromatic carbocycles. The van der Waals surface area contributed by atoms with Gasteiger partial charge in [0.05, 0.1) is 18.0 Å². The first kappa shape index (κ1) is 22.3. The first-order chi connectivity index (χ1) is 14.2. The second-order valence-electron chi connectivity index (χ2n) is 8.44. The lowest BCUT2D eigenvalue weighted by Gasteiger charge is -2.20. The molecule has 2 heterocycles. The number of nitrogens with one attached hydrogen (secondary N) is 1. The quantitative estimate of drug-likeness (QED) is 0.468. The van der Waals surface area contributed by atoms with Crippen LogP contribution in [-0.2, 0) is 4.74 Å². The molecule has 30 heavy (non-hydrogen) atoms. The van der Waals surface area contributed by atoms with Gasteiger partial charge in [0.2, 0.25) is 0 Å². The maximum Gasteiger partial charge on any atom is 0.341 e. The fraction of sp³-hybridized carbons (Fsp3) is 0.500. The number of hydrogen-bond donors (Lipinski definition) is 2. The second kappa shape index (κ2) is 9.18. The molecule has 0 aliphatic heterocycles. The highest BCUT2D eigenvalue weighted by Crippen LogP contribution is 2.48. The molecule has 0 saturated heterocycles. The van der Waals surface area contributed by atoms with Gasteiger partial charge in [0.15, 0.2) is 16.3 Å². The first-order valence-corrected chi connectivity index (χ1v) is 10.4. The van der Waals surface area contributed by atoms with Crippen molar-refractivity contribution in [2.24, 2.45) is 5.41 Å². The van der Waals surface area contributed by atoms with Crippen LogP contribution in [0.25, 0.3) is 11.4 Å². The standard InChI is InChI=1S/C22H27ClN2O5/c1-22(2)6-5-13(11-22)14-9-18(30-8-4-7-29-3)20(23)25-19(14)16-10-17(26)15(12-24-16)21(27)28/h9-10,12-13H,4-8,11H2,1-3H3,(H,24,26)(H,27,28). The zero-order valence-corrected chi connectivity index (χ0v) is 18.2. The highest BCUT2D eigenvalue weighted by Gasteiger charge is 2.34. The van der Waals surface area contributed by atoms with Gasteiger partial charge in [-0.25, -0.2) is 9.78 Å². The van der Waals surface area contributed by atoms with Gasteiger partial charge < -0.3 is 19.6 Å². The summed E-state index contributed by atoms with van der Waals surface area (Å²) in [6.07, 6.45) is 4.98. The Labute approximate surface area is 180 Å². The fourth-order valence-electron chi connectivity index (χ4n) is 3.98. The van der Waals surface area contributed by atoms with E-state index in [9.17, 15) is 9.59 Å². The Hall–Kier alpha value is -2.38. The Morgan fingerprint density at radius 1 is 1.37 bits per heavy atom. The summed E-state index contributed by atoms with van der Waals surface area (Å²) in [6, 6.07) is 3.18. The molecule has 1 fully saturated rings. The Morgan fingerprint density at radius 3 is 2.73 bits per heavy atom. The molecule has 162 valence electrons. The van der Waals surface area contributed by atoms with Crippen molar-refractivity contribution in [1.29, 1.82) is 0 Å². The third-order valence-electron chi connectivity index (χ3n) is 5.53. The molecule has 2 aromatic heterocycles. The third kappa shape index (κ3) is 5.02. The van der Waals surface area contributed by atoms with Crippen molar-refractivity contribution >= 4 is 17.6 Å². The van der Waals surface area contributed by atoms with E-state index in [1.165, 1.54) is 12.3 Å². The Morgan fingerprint density at radius 2 is 2.13 bits per heavy atom. The van der Waals surface area contributed by atoms with E-state index in [1.807, 2.05) is 6.07 Å². The molecule has 1 atom stereocenters. The minimum atomic E-state index is -1.27. The summed E-state index contributed by atoms with van der Waals surface area (Å²) in [4.78, 5) is 30.9. The molecule has 1 aliphatic rings. The molecule has 2 N–H and O–H groups in total. The van der Waals surface area contributed by atoms with Crippen LogP contribution in [0.1, 0.15) is 61.4 Å². The Kier molecular flexibility index (Phi) is 6.83.